The molecule has 0 saturated heterocycles. The number of aromatic nitrogens is 1. The van der Waals surface area contributed by atoms with E-state index in [1.54, 1.807) is 12.1 Å². The summed E-state index contributed by atoms with van der Waals surface area (Å²) in [6.07, 6.45) is 7.43. The molecule has 1 heterocycles. The van der Waals surface area contributed by atoms with E-state index in [1.165, 1.54) is 25.5 Å². The Morgan fingerprint density at radius 3 is 2.78 bits per heavy atom. The minimum Gasteiger partial charge on any atom is -0.384 e. The summed E-state index contributed by atoms with van der Waals surface area (Å²) in [6.45, 7) is 4.23. The number of nitrogens with zero attached hydrogens (tertiary/aromatic N) is 1. The average molecular weight is 249 g/mol. The summed E-state index contributed by atoms with van der Waals surface area (Å²) >= 11 is 0. The summed E-state index contributed by atoms with van der Waals surface area (Å²) in [5.74, 6) is 0.352. The molecule has 100 valence electrons. The number of hydrogen-bond donors (Lipinski definition) is 2. The van der Waals surface area contributed by atoms with E-state index in [9.17, 15) is 4.79 Å². The molecule has 0 saturated carbocycles. The zero-order valence-electron chi connectivity index (χ0n) is 11.3. The third-order valence-corrected chi connectivity index (χ3v) is 2.92. The van der Waals surface area contributed by atoms with Gasteiger partial charge in [0, 0.05) is 12.2 Å². The number of carbonyl (C=O) groups is 1. The largest absolute Gasteiger partial charge is 0.384 e. The van der Waals surface area contributed by atoms with Gasteiger partial charge in [0.15, 0.2) is 0 Å². The standard InChI is InChI=1S/C14H23N3O/c1-3-4-5-6-7-11(2)17-14(18)12-8-9-13(15)16-10-12/h8-11H,3-7H2,1-2H3,(H2,15,16)(H,17,18). The molecule has 1 aromatic heterocycles. The first kappa shape index (κ1) is 14.5. The SMILES string of the molecule is CCCCCCC(C)NC(=O)c1ccc(N)nc1. The highest BCUT2D eigenvalue weighted by atomic mass is 16.1. The van der Waals surface area contributed by atoms with Gasteiger partial charge in [-0.05, 0) is 25.5 Å². The van der Waals surface area contributed by atoms with Gasteiger partial charge in [0.2, 0.25) is 0 Å². The lowest BCUT2D eigenvalue weighted by Crippen LogP contribution is -2.32. The van der Waals surface area contributed by atoms with E-state index in [2.05, 4.69) is 17.2 Å². The Bertz CT molecular complexity index is 362. The number of carbonyl (C=O) groups excluding carboxylic acids is 1. The average Bonchev–Trinajstić information content (AvgIpc) is 2.35. The van der Waals surface area contributed by atoms with Crippen LogP contribution in [-0.4, -0.2) is 16.9 Å². The molecule has 4 heteroatoms. The maximum atomic E-state index is 11.9. The Hall–Kier alpha value is -1.58. The smallest absolute Gasteiger partial charge is 0.253 e. The molecule has 18 heavy (non-hydrogen) atoms. The Labute approximate surface area is 109 Å². The van der Waals surface area contributed by atoms with Crippen molar-refractivity contribution in [2.24, 2.45) is 0 Å². The van der Waals surface area contributed by atoms with Crippen molar-refractivity contribution in [2.75, 3.05) is 5.73 Å². The number of nitrogen functional groups attached to an aromatic ring is 1. The van der Waals surface area contributed by atoms with Crippen LogP contribution in [0.25, 0.3) is 0 Å². The van der Waals surface area contributed by atoms with Crippen molar-refractivity contribution in [3.8, 4) is 0 Å². The van der Waals surface area contributed by atoms with Crippen LogP contribution in [-0.2, 0) is 0 Å². The summed E-state index contributed by atoms with van der Waals surface area (Å²) in [6, 6.07) is 3.54. The molecular weight excluding hydrogens is 226 g/mol. The predicted molar refractivity (Wildman–Crippen MR) is 74.3 cm³/mol. The van der Waals surface area contributed by atoms with Crippen LogP contribution in [0.5, 0.6) is 0 Å². The van der Waals surface area contributed by atoms with Gasteiger partial charge >= 0.3 is 0 Å². The first-order chi connectivity index (χ1) is 8.63. The lowest BCUT2D eigenvalue weighted by atomic mass is 10.1. The quantitative estimate of drug-likeness (QED) is 0.730. The van der Waals surface area contributed by atoms with Crippen molar-refractivity contribution < 1.29 is 4.79 Å². The monoisotopic (exact) mass is 249 g/mol. The second-order valence-corrected chi connectivity index (χ2v) is 4.70. The molecular formula is C14H23N3O. The van der Waals surface area contributed by atoms with Crippen LogP contribution in [0.1, 0.15) is 56.3 Å². The van der Waals surface area contributed by atoms with Crippen LogP contribution in [0, 0.1) is 0 Å². The van der Waals surface area contributed by atoms with Gasteiger partial charge in [0.1, 0.15) is 5.82 Å². The zero-order chi connectivity index (χ0) is 13.4. The highest BCUT2D eigenvalue weighted by Gasteiger charge is 2.09. The van der Waals surface area contributed by atoms with Crippen LogP contribution in [0.3, 0.4) is 0 Å². The molecule has 0 aliphatic rings. The summed E-state index contributed by atoms with van der Waals surface area (Å²) in [5, 5.41) is 2.97. The van der Waals surface area contributed by atoms with E-state index in [0.29, 0.717) is 11.4 Å². The molecule has 0 aliphatic heterocycles. The fourth-order valence-corrected chi connectivity index (χ4v) is 1.80. The Morgan fingerprint density at radius 2 is 2.17 bits per heavy atom. The van der Waals surface area contributed by atoms with Crippen molar-refractivity contribution in [1.29, 1.82) is 0 Å². The topological polar surface area (TPSA) is 68.0 Å². The molecule has 1 atom stereocenters. The molecule has 3 N–H and O–H groups in total. The number of nitrogens with one attached hydrogen (secondary N) is 1. The summed E-state index contributed by atoms with van der Waals surface area (Å²) in [4.78, 5) is 15.8. The fourth-order valence-electron chi connectivity index (χ4n) is 1.80. The Balaban J connectivity index is 2.33. The van der Waals surface area contributed by atoms with Crippen LogP contribution in [0.4, 0.5) is 5.82 Å². The third-order valence-electron chi connectivity index (χ3n) is 2.92. The minimum absolute atomic E-state index is 0.0782. The molecule has 1 amide bonds. The molecule has 0 radical (unpaired) electrons. The number of rotatable bonds is 7. The van der Waals surface area contributed by atoms with E-state index >= 15 is 0 Å². The molecule has 1 rings (SSSR count). The molecule has 1 unspecified atom stereocenters. The maximum absolute atomic E-state index is 11.9. The minimum atomic E-state index is -0.0782. The van der Waals surface area contributed by atoms with Crippen molar-refractivity contribution in [3.63, 3.8) is 0 Å². The highest BCUT2D eigenvalue weighted by molar-refractivity contribution is 5.94. The van der Waals surface area contributed by atoms with Gasteiger partial charge in [0.25, 0.3) is 5.91 Å². The van der Waals surface area contributed by atoms with Gasteiger partial charge in [-0.15, -0.1) is 0 Å². The summed E-state index contributed by atoms with van der Waals surface area (Å²) in [7, 11) is 0. The number of hydrogen-bond acceptors (Lipinski definition) is 3. The van der Waals surface area contributed by atoms with Gasteiger partial charge in [-0.1, -0.05) is 32.6 Å². The molecule has 4 nitrogen and oxygen atoms in total. The van der Waals surface area contributed by atoms with Gasteiger partial charge in [-0.25, -0.2) is 4.98 Å². The number of anilines is 1. The number of unbranched alkanes of at least 4 members (excludes halogenated alkanes) is 3. The van der Waals surface area contributed by atoms with Crippen LogP contribution >= 0.6 is 0 Å². The van der Waals surface area contributed by atoms with Gasteiger partial charge in [-0.3, -0.25) is 4.79 Å². The van der Waals surface area contributed by atoms with Crippen molar-refractivity contribution in [1.82, 2.24) is 10.3 Å². The molecule has 1 aromatic rings. The maximum Gasteiger partial charge on any atom is 0.253 e. The molecule has 0 aliphatic carbocycles. The number of amides is 1. The normalized spacial score (nSPS) is 12.1. The molecule has 0 spiro atoms. The molecule has 0 bridgehead atoms. The Morgan fingerprint density at radius 1 is 1.39 bits per heavy atom. The third kappa shape index (κ3) is 5.17. The first-order valence-electron chi connectivity index (χ1n) is 6.66. The van der Waals surface area contributed by atoms with Crippen LogP contribution in [0.15, 0.2) is 18.3 Å². The first-order valence-corrected chi connectivity index (χ1v) is 6.66. The summed E-state index contributed by atoms with van der Waals surface area (Å²) < 4.78 is 0. The van der Waals surface area contributed by atoms with Crippen molar-refractivity contribution in [2.45, 2.75) is 52.0 Å². The van der Waals surface area contributed by atoms with Gasteiger partial charge < -0.3 is 11.1 Å². The van der Waals surface area contributed by atoms with E-state index in [0.717, 1.165) is 12.8 Å². The van der Waals surface area contributed by atoms with E-state index in [1.807, 2.05) is 6.92 Å². The van der Waals surface area contributed by atoms with Crippen LogP contribution < -0.4 is 11.1 Å². The molecule has 0 fully saturated rings. The second-order valence-electron chi connectivity index (χ2n) is 4.70. The number of nitrogens with two attached hydrogens (primary N) is 1. The molecule has 0 aromatic carbocycles. The second kappa shape index (κ2) is 7.69. The van der Waals surface area contributed by atoms with Crippen molar-refractivity contribution in [3.05, 3.63) is 23.9 Å². The lowest BCUT2D eigenvalue weighted by Gasteiger charge is -2.13. The Kier molecular flexibility index (Phi) is 6.19. The highest BCUT2D eigenvalue weighted by Crippen LogP contribution is 2.07. The lowest BCUT2D eigenvalue weighted by molar-refractivity contribution is 0.0937. The van der Waals surface area contributed by atoms with E-state index in [-0.39, 0.29) is 11.9 Å². The van der Waals surface area contributed by atoms with E-state index < -0.39 is 0 Å². The van der Waals surface area contributed by atoms with Crippen molar-refractivity contribution >= 4 is 11.7 Å². The summed E-state index contributed by atoms with van der Waals surface area (Å²) in [5.41, 5.74) is 6.04. The van der Waals surface area contributed by atoms with E-state index in [4.69, 9.17) is 5.73 Å². The zero-order valence-corrected chi connectivity index (χ0v) is 11.3. The predicted octanol–water partition coefficient (Wildman–Crippen LogP) is 2.75. The van der Waals surface area contributed by atoms with Gasteiger partial charge in [0.05, 0.1) is 5.56 Å². The number of pyridine rings is 1. The van der Waals surface area contributed by atoms with Gasteiger partial charge in [-0.2, -0.15) is 0 Å². The van der Waals surface area contributed by atoms with Crippen LogP contribution in [0.2, 0.25) is 0 Å². The fraction of sp³-hybridized carbons (Fsp3) is 0.571.